The number of nitrogens with zero attached hydrogens (tertiary/aromatic N) is 3. The summed E-state index contributed by atoms with van der Waals surface area (Å²) in [4.78, 5) is 11.2. The molecule has 2 aromatic heterocycles. The van der Waals surface area contributed by atoms with Crippen LogP contribution in [0.1, 0.15) is 26.0 Å². The number of ether oxygens (including phenoxy) is 1. The topological polar surface area (TPSA) is 102 Å². The Morgan fingerprint density at radius 3 is 3.16 bits per heavy atom. The molecule has 0 saturated carbocycles. The summed E-state index contributed by atoms with van der Waals surface area (Å²) < 4.78 is 8.03. The molecule has 7 nitrogen and oxygen atoms in total. The highest BCUT2D eigenvalue weighted by molar-refractivity contribution is 7.71. The first-order chi connectivity index (χ1) is 9.10. The molecule has 3 heterocycles. The maximum Gasteiger partial charge on any atom is 0.200 e. The van der Waals surface area contributed by atoms with Crippen molar-refractivity contribution < 1.29 is 9.84 Å². The SMILES string of the molecule is CC[C@H]1O[C@@H](n2cnc3c(=S)[nH]c(N)nc32)CC1O. The molecule has 19 heavy (non-hydrogen) atoms. The van der Waals surface area contributed by atoms with Gasteiger partial charge in [-0.3, -0.25) is 4.57 Å². The lowest BCUT2D eigenvalue weighted by Crippen LogP contribution is -2.19. The largest absolute Gasteiger partial charge is 0.390 e. The third kappa shape index (κ3) is 2.01. The molecule has 0 radical (unpaired) electrons. The van der Waals surface area contributed by atoms with E-state index in [1.807, 2.05) is 6.92 Å². The third-order valence-electron chi connectivity index (χ3n) is 3.37. The number of rotatable bonds is 2. The van der Waals surface area contributed by atoms with Crippen LogP contribution in [0.5, 0.6) is 0 Å². The van der Waals surface area contributed by atoms with Crippen molar-refractivity contribution in [3.05, 3.63) is 11.0 Å². The summed E-state index contributed by atoms with van der Waals surface area (Å²) in [6.45, 7) is 1.98. The van der Waals surface area contributed by atoms with E-state index in [4.69, 9.17) is 22.7 Å². The van der Waals surface area contributed by atoms with E-state index in [0.717, 1.165) is 6.42 Å². The number of aromatic amines is 1. The Balaban J connectivity index is 2.05. The van der Waals surface area contributed by atoms with Crippen LogP contribution in [0.15, 0.2) is 6.33 Å². The molecule has 2 aromatic rings. The van der Waals surface area contributed by atoms with E-state index in [1.165, 1.54) is 0 Å². The fourth-order valence-electron chi connectivity index (χ4n) is 2.41. The zero-order valence-corrected chi connectivity index (χ0v) is 11.2. The minimum Gasteiger partial charge on any atom is -0.390 e. The maximum atomic E-state index is 9.91. The molecular weight excluding hydrogens is 266 g/mol. The number of H-pyrrole nitrogens is 1. The van der Waals surface area contributed by atoms with Gasteiger partial charge in [-0.2, -0.15) is 4.98 Å². The van der Waals surface area contributed by atoms with Crippen LogP contribution in [0.4, 0.5) is 5.95 Å². The number of nitrogen functional groups attached to an aromatic ring is 1. The van der Waals surface area contributed by atoms with Gasteiger partial charge in [0.2, 0.25) is 5.95 Å². The number of aromatic nitrogens is 4. The summed E-state index contributed by atoms with van der Waals surface area (Å²) in [6, 6.07) is 0. The number of fused-ring (bicyclic) bond motifs is 1. The van der Waals surface area contributed by atoms with Gasteiger partial charge < -0.3 is 20.6 Å². The minimum atomic E-state index is -0.469. The van der Waals surface area contributed by atoms with E-state index in [-0.39, 0.29) is 18.3 Å². The molecular formula is C11H15N5O2S. The van der Waals surface area contributed by atoms with E-state index in [2.05, 4.69) is 15.0 Å². The van der Waals surface area contributed by atoms with Gasteiger partial charge in [0.15, 0.2) is 5.65 Å². The summed E-state index contributed by atoms with van der Waals surface area (Å²) >= 11 is 5.16. The Hall–Kier alpha value is -1.51. The third-order valence-corrected chi connectivity index (χ3v) is 3.66. The highest BCUT2D eigenvalue weighted by atomic mass is 32.1. The van der Waals surface area contributed by atoms with E-state index in [1.54, 1.807) is 10.9 Å². The van der Waals surface area contributed by atoms with Gasteiger partial charge in [0, 0.05) is 6.42 Å². The van der Waals surface area contributed by atoms with Gasteiger partial charge in [-0.1, -0.05) is 19.1 Å². The molecule has 1 fully saturated rings. The first-order valence-corrected chi connectivity index (χ1v) is 6.56. The number of hydrogen-bond acceptors (Lipinski definition) is 6. The summed E-state index contributed by atoms with van der Waals surface area (Å²) in [5.74, 6) is 0.241. The van der Waals surface area contributed by atoms with Crippen LogP contribution in [-0.2, 0) is 4.74 Å². The number of nitrogens with one attached hydrogen (secondary N) is 1. The molecule has 0 amide bonds. The zero-order valence-electron chi connectivity index (χ0n) is 10.4. The van der Waals surface area contributed by atoms with Gasteiger partial charge in [-0.05, 0) is 6.42 Å². The molecule has 102 valence electrons. The van der Waals surface area contributed by atoms with Crippen molar-refractivity contribution in [3.8, 4) is 0 Å². The van der Waals surface area contributed by atoms with Gasteiger partial charge in [0.25, 0.3) is 0 Å². The number of hydrogen-bond donors (Lipinski definition) is 3. The van der Waals surface area contributed by atoms with Gasteiger partial charge in [-0.25, -0.2) is 4.98 Å². The summed E-state index contributed by atoms with van der Waals surface area (Å²) in [5.41, 5.74) is 6.83. The van der Waals surface area contributed by atoms with Gasteiger partial charge in [0.05, 0.1) is 18.5 Å². The Morgan fingerprint density at radius 2 is 2.47 bits per heavy atom. The average molecular weight is 281 g/mol. The maximum absolute atomic E-state index is 9.91. The van der Waals surface area contributed by atoms with Gasteiger partial charge in [-0.15, -0.1) is 0 Å². The molecule has 1 unspecified atom stereocenters. The second-order valence-corrected chi connectivity index (χ2v) is 5.02. The van der Waals surface area contributed by atoms with Gasteiger partial charge >= 0.3 is 0 Å². The van der Waals surface area contributed by atoms with Crippen LogP contribution in [0.25, 0.3) is 11.2 Å². The Morgan fingerprint density at radius 1 is 1.68 bits per heavy atom. The molecule has 0 spiro atoms. The number of aliphatic hydroxyl groups excluding tert-OH is 1. The van der Waals surface area contributed by atoms with E-state index >= 15 is 0 Å². The standard InChI is InChI=1S/C11H15N5O2S/c1-2-6-5(17)3-7(18-6)16-4-13-8-9(16)14-11(12)15-10(8)19/h4-7,17H,2-3H2,1H3,(H3,12,14,15,19)/t5?,6-,7-/m1/s1. The monoisotopic (exact) mass is 281 g/mol. The highest BCUT2D eigenvalue weighted by Crippen LogP contribution is 2.32. The van der Waals surface area contributed by atoms with Crippen LogP contribution in [0.2, 0.25) is 0 Å². The Bertz CT molecular complexity index is 667. The molecule has 4 N–H and O–H groups in total. The first kappa shape index (κ1) is 12.5. The number of nitrogens with two attached hydrogens (primary N) is 1. The van der Waals surface area contributed by atoms with E-state index < -0.39 is 6.10 Å². The van der Waals surface area contributed by atoms with Crippen LogP contribution in [0, 0.1) is 4.64 Å². The van der Waals surface area contributed by atoms with Crippen LogP contribution in [0.3, 0.4) is 0 Å². The molecule has 1 saturated heterocycles. The first-order valence-electron chi connectivity index (χ1n) is 6.16. The highest BCUT2D eigenvalue weighted by Gasteiger charge is 2.34. The Kier molecular flexibility index (Phi) is 3.00. The second-order valence-electron chi connectivity index (χ2n) is 4.62. The smallest absolute Gasteiger partial charge is 0.200 e. The summed E-state index contributed by atoms with van der Waals surface area (Å²) in [5, 5.41) is 9.91. The fourth-order valence-corrected chi connectivity index (χ4v) is 2.66. The minimum absolute atomic E-state index is 0.155. The fraction of sp³-hybridized carbons (Fsp3) is 0.545. The quantitative estimate of drug-likeness (QED) is 0.713. The van der Waals surface area contributed by atoms with Crippen molar-refractivity contribution in [2.45, 2.75) is 38.2 Å². The lowest BCUT2D eigenvalue weighted by molar-refractivity contribution is -0.0183. The van der Waals surface area contributed by atoms with Crippen molar-refractivity contribution >= 4 is 29.3 Å². The zero-order chi connectivity index (χ0) is 13.6. The molecule has 3 atom stereocenters. The van der Waals surface area contributed by atoms with E-state index in [9.17, 15) is 5.11 Å². The molecule has 3 rings (SSSR count). The second kappa shape index (κ2) is 4.55. The molecule has 0 aliphatic carbocycles. The predicted molar refractivity (Wildman–Crippen MR) is 71.9 cm³/mol. The van der Waals surface area contributed by atoms with Crippen molar-refractivity contribution in [2.24, 2.45) is 0 Å². The van der Waals surface area contributed by atoms with Crippen molar-refractivity contribution in [2.75, 3.05) is 5.73 Å². The summed E-state index contributed by atoms with van der Waals surface area (Å²) in [7, 11) is 0. The normalized spacial score (nSPS) is 27.2. The number of imidazole rings is 1. The lowest BCUT2D eigenvalue weighted by Gasteiger charge is -2.13. The van der Waals surface area contributed by atoms with Crippen LogP contribution >= 0.6 is 12.2 Å². The Labute approximate surface area is 114 Å². The molecule has 0 aromatic carbocycles. The lowest BCUT2D eigenvalue weighted by atomic mass is 10.1. The molecule has 1 aliphatic rings. The number of aliphatic hydroxyl groups is 1. The van der Waals surface area contributed by atoms with E-state index in [0.29, 0.717) is 22.2 Å². The molecule has 8 heteroatoms. The molecule has 0 bridgehead atoms. The average Bonchev–Trinajstić information content (AvgIpc) is 2.92. The van der Waals surface area contributed by atoms with Gasteiger partial charge in [0.1, 0.15) is 16.4 Å². The summed E-state index contributed by atoms with van der Waals surface area (Å²) in [6.07, 6.45) is 1.99. The van der Waals surface area contributed by atoms with Crippen LogP contribution < -0.4 is 5.73 Å². The molecule has 1 aliphatic heterocycles. The van der Waals surface area contributed by atoms with Crippen molar-refractivity contribution in [1.82, 2.24) is 19.5 Å². The van der Waals surface area contributed by atoms with Crippen molar-refractivity contribution in [3.63, 3.8) is 0 Å². The predicted octanol–water partition coefficient (Wildman–Crippen LogP) is 1.13. The number of anilines is 1. The van der Waals surface area contributed by atoms with Crippen LogP contribution in [-0.4, -0.2) is 36.8 Å². The van der Waals surface area contributed by atoms with Crippen molar-refractivity contribution in [1.29, 1.82) is 0 Å².